The molecule has 0 aromatic heterocycles. The minimum Gasteiger partial charge on any atom is -0.507 e. The van der Waals surface area contributed by atoms with Gasteiger partial charge in [0.1, 0.15) is 35.6 Å². The van der Waals surface area contributed by atoms with Gasteiger partial charge in [-0.1, -0.05) is 26.0 Å². The third-order valence-corrected chi connectivity index (χ3v) is 9.15. The lowest BCUT2D eigenvalue weighted by molar-refractivity contribution is -0.249. The van der Waals surface area contributed by atoms with Gasteiger partial charge >= 0.3 is 0 Å². The molecule has 8 N–H and O–H groups in total. The van der Waals surface area contributed by atoms with Crippen LogP contribution in [0.1, 0.15) is 89.1 Å². The maximum absolute atomic E-state index is 13.8. The molecule has 4 unspecified atom stereocenters. The standard InChI is InChI=1S/C33H40N2O12/c1-13(2)8-17(34)32(43)35-18-9-22(46-14(3)27(18)38)47-20-11-33(44,21(37)12-36)10-16-24(20)31(42)26-25(29(16)40)28(39)15-6-5-7-19(45-4)23(15)30(26)41/h5-7,13-14,17-18,20,22,27,36,38,40,42,44H,8-12,34H2,1-4H3,(H,35,43)/t14?,17-,18?,20+,22?,27?,33+/m1/s1. The van der Waals surface area contributed by atoms with E-state index in [1.54, 1.807) is 6.92 Å². The molecule has 3 aliphatic rings. The minimum absolute atomic E-state index is 0.0724. The predicted molar refractivity (Wildman–Crippen MR) is 163 cm³/mol. The molecular weight excluding hydrogens is 616 g/mol. The van der Waals surface area contributed by atoms with Gasteiger partial charge in [-0.2, -0.15) is 0 Å². The fourth-order valence-corrected chi connectivity index (χ4v) is 6.76. The van der Waals surface area contributed by atoms with Crippen LogP contribution >= 0.6 is 0 Å². The Morgan fingerprint density at radius 1 is 1.13 bits per heavy atom. The van der Waals surface area contributed by atoms with Crippen molar-refractivity contribution in [2.24, 2.45) is 11.7 Å². The molecular formula is C33H40N2O12. The zero-order valence-electron chi connectivity index (χ0n) is 26.5. The van der Waals surface area contributed by atoms with E-state index in [9.17, 15) is 44.7 Å². The maximum atomic E-state index is 13.8. The van der Waals surface area contributed by atoms with Crippen LogP contribution in [0.15, 0.2) is 18.2 Å². The van der Waals surface area contributed by atoms with Crippen LogP contribution in [-0.2, 0) is 25.5 Å². The first-order valence-corrected chi connectivity index (χ1v) is 15.4. The second kappa shape index (κ2) is 12.9. The molecule has 0 saturated carbocycles. The smallest absolute Gasteiger partial charge is 0.237 e. The van der Waals surface area contributed by atoms with Crippen LogP contribution in [0.25, 0.3) is 0 Å². The molecule has 14 nitrogen and oxygen atoms in total. The number of ether oxygens (including phenoxy) is 3. The summed E-state index contributed by atoms with van der Waals surface area (Å²) in [5, 5.41) is 57.8. The maximum Gasteiger partial charge on any atom is 0.237 e. The Hall–Kier alpha value is -3.92. The number of hydrogen-bond acceptors (Lipinski definition) is 13. The molecule has 1 heterocycles. The van der Waals surface area contributed by atoms with E-state index in [0.717, 1.165) is 0 Å². The molecule has 0 radical (unpaired) electrons. The van der Waals surface area contributed by atoms with Gasteiger partial charge in [0, 0.05) is 36.0 Å². The first-order chi connectivity index (χ1) is 22.1. The lowest BCUT2D eigenvalue weighted by Crippen LogP contribution is -2.58. The summed E-state index contributed by atoms with van der Waals surface area (Å²) in [5.41, 5.74) is 2.10. The van der Waals surface area contributed by atoms with Crippen LogP contribution in [0.5, 0.6) is 17.2 Å². The van der Waals surface area contributed by atoms with Gasteiger partial charge in [-0.15, -0.1) is 0 Å². The molecule has 254 valence electrons. The van der Waals surface area contributed by atoms with Gasteiger partial charge in [-0.3, -0.25) is 19.2 Å². The second-order valence-corrected chi connectivity index (χ2v) is 12.8. The zero-order chi connectivity index (χ0) is 34.5. The number of benzene rings is 2. The van der Waals surface area contributed by atoms with Gasteiger partial charge in [-0.25, -0.2) is 0 Å². The number of phenolic OH excluding ortho intramolecular Hbond substituents is 2. The highest BCUT2D eigenvalue weighted by Crippen LogP contribution is 2.52. The summed E-state index contributed by atoms with van der Waals surface area (Å²) < 4.78 is 17.4. The number of aliphatic hydroxyl groups excluding tert-OH is 2. The minimum atomic E-state index is -2.32. The molecule has 1 aliphatic heterocycles. The summed E-state index contributed by atoms with van der Waals surface area (Å²) in [6, 6.07) is 2.61. The van der Waals surface area contributed by atoms with Gasteiger partial charge in [0.05, 0.1) is 48.1 Å². The Bertz CT molecular complexity index is 1620. The van der Waals surface area contributed by atoms with E-state index in [0.29, 0.717) is 6.42 Å². The van der Waals surface area contributed by atoms with Crippen molar-refractivity contribution >= 4 is 23.3 Å². The van der Waals surface area contributed by atoms with Crippen molar-refractivity contribution in [3.05, 3.63) is 51.6 Å². The van der Waals surface area contributed by atoms with Crippen LogP contribution in [0, 0.1) is 5.92 Å². The van der Waals surface area contributed by atoms with Gasteiger partial charge in [0.15, 0.2) is 17.9 Å². The number of amides is 1. The van der Waals surface area contributed by atoms with Crippen LogP contribution in [0.4, 0.5) is 0 Å². The van der Waals surface area contributed by atoms with Crippen molar-refractivity contribution < 1.29 is 58.9 Å². The largest absolute Gasteiger partial charge is 0.507 e. The van der Waals surface area contributed by atoms with Crippen LogP contribution < -0.4 is 15.8 Å². The molecule has 0 bridgehead atoms. The Kier molecular flexibility index (Phi) is 9.48. The number of methoxy groups -OCH3 is 1. The topological polar surface area (TPSA) is 235 Å². The van der Waals surface area contributed by atoms with E-state index in [2.05, 4.69) is 5.32 Å². The molecule has 47 heavy (non-hydrogen) atoms. The summed E-state index contributed by atoms with van der Waals surface area (Å²) >= 11 is 0. The third-order valence-electron chi connectivity index (χ3n) is 9.15. The SMILES string of the molecule is COc1cccc2c1C(=O)c1c(O)c3c(c(O)c1C2=O)C[C@@](O)(C(=O)CO)C[C@@H]3OC1CC(NC(=O)[C@H](N)CC(C)C)C(O)C(C)O1. The predicted octanol–water partition coefficient (Wildman–Crippen LogP) is 0.532. The highest BCUT2D eigenvalue weighted by atomic mass is 16.7. The normalized spacial score (nSPS) is 27.5. The van der Waals surface area contributed by atoms with Crippen molar-refractivity contribution in [3.8, 4) is 17.2 Å². The highest BCUT2D eigenvalue weighted by molar-refractivity contribution is 6.31. The summed E-state index contributed by atoms with van der Waals surface area (Å²) in [6.45, 7) is 4.31. The van der Waals surface area contributed by atoms with Crippen LogP contribution in [-0.4, -0.2) is 98.7 Å². The number of hydrogen-bond donors (Lipinski definition) is 7. The number of carbonyl (C=O) groups is 4. The average Bonchev–Trinajstić information content (AvgIpc) is 3.02. The molecule has 1 saturated heterocycles. The summed E-state index contributed by atoms with van der Waals surface area (Å²) in [6.07, 6.45) is -5.56. The first-order valence-electron chi connectivity index (χ1n) is 15.4. The molecule has 1 fully saturated rings. The number of rotatable bonds is 9. The van der Waals surface area contributed by atoms with E-state index < -0.39 is 108 Å². The Morgan fingerprint density at radius 2 is 1.81 bits per heavy atom. The molecule has 2 aromatic carbocycles. The van der Waals surface area contributed by atoms with E-state index in [-0.39, 0.29) is 40.3 Å². The van der Waals surface area contributed by atoms with E-state index in [4.69, 9.17) is 19.9 Å². The number of ketones is 3. The quantitative estimate of drug-likeness (QED) is 0.156. The number of nitrogens with two attached hydrogens (primary N) is 1. The van der Waals surface area contributed by atoms with E-state index in [1.165, 1.54) is 25.3 Å². The van der Waals surface area contributed by atoms with E-state index >= 15 is 0 Å². The Labute approximate surface area is 270 Å². The lowest BCUT2D eigenvalue weighted by atomic mass is 9.72. The molecule has 14 heteroatoms. The van der Waals surface area contributed by atoms with Crippen molar-refractivity contribution in [2.45, 2.75) is 88.7 Å². The van der Waals surface area contributed by atoms with Crippen molar-refractivity contribution in [3.63, 3.8) is 0 Å². The molecule has 1 amide bonds. The number of aromatic hydroxyl groups is 2. The number of aliphatic hydroxyl groups is 3. The number of phenols is 2. The number of Topliss-reactive ketones (excluding diaryl/α,β-unsaturated/α-hetero) is 1. The molecule has 7 atom stereocenters. The zero-order valence-corrected chi connectivity index (χ0v) is 26.5. The Balaban J connectivity index is 1.56. The Morgan fingerprint density at radius 3 is 2.45 bits per heavy atom. The average molecular weight is 657 g/mol. The van der Waals surface area contributed by atoms with Crippen LogP contribution in [0.2, 0.25) is 0 Å². The van der Waals surface area contributed by atoms with Crippen molar-refractivity contribution in [1.29, 1.82) is 0 Å². The summed E-state index contributed by atoms with van der Waals surface area (Å²) in [5.74, 6) is -4.34. The molecule has 5 rings (SSSR count). The fraction of sp³-hybridized carbons (Fsp3) is 0.515. The van der Waals surface area contributed by atoms with Crippen molar-refractivity contribution in [1.82, 2.24) is 5.32 Å². The number of fused-ring (bicyclic) bond motifs is 3. The summed E-state index contributed by atoms with van der Waals surface area (Å²) in [7, 11) is 1.31. The third kappa shape index (κ3) is 6.01. The lowest BCUT2D eigenvalue weighted by Gasteiger charge is -2.43. The van der Waals surface area contributed by atoms with Crippen molar-refractivity contribution in [2.75, 3.05) is 13.7 Å². The first kappa shape index (κ1) is 34.4. The summed E-state index contributed by atoms with van der Waals surface area (Å²) in [4.78, 5) is 53.1. The van der Waals surface area contributed by atoms with Gasteiger partial charge < -0.3 is 50.8 Å². The number of nitrogens with one attached hydrogen (secondary N) is 1. The fourth-order valence-electron chi connectivity index (χ4n) is 6.76. The van der Waals surface area contributed by atoms with Crippen LogP contribution in [0.3, 0.4) is 0 Å². The molecule has 0 spiro atoms. The van der Waals surface area contributed by atoms with Gasteiger partial charge in [-0.05, 0) is 25.3 Å². The number of carbonyl (C=O) groups excluding carboxylic acids is 4. The monoisotopic (exact) mass is 656 g/mol. The van der Waals surface area contributed by atoms with Gasteiger partial charge in [0.25, 0.3) is 0 Å². The highest BCUT2D eigenvalue weighted by Gasteiger charge is 2.50. The van der Waals surface area contributed by atoms with E-state index in [1.807, 2.05) is 13.8 Å². The second-order valence-electron chi connectivity index (χ2n) is 12.8. The molecule has 2 aliphatic carbocycles. The van der Waals surface area contributed by atoms with Gasteiger partial charge in [0.2, 0.25) is 11.7 Å². The molecule has 2 aromatic rings.